The molecule has 0 radical (unpaired) electrons. The first kappa shape index (κ1) is 13.8. The van der Waals surface area contributed by atoms with E-state index >= 15 is 0 Å². The second-order valence-electron chi connectivity index (χ2n) is 5.36. The number of furan rings is 1. The molecular formula is C14H18ClNOS. The molecule has 1 atom stereocenters. The zero-order valence-corrected chi connectivity index (χ0v) is 12.4. The summed E-state index contributed by atoms with van der Waals surface area (Å²) in [6, 6.07) is 7.50. The van der Waals surface area contributed by atoms with Gasteiger partial charge in [-0.25, -0.2) is 0 Å². The van der Waals surface area contributed by atoms with Gasteiger partial charge in [0.25, 0.3) is 0 Å². The monoisotopic (exact) mass is 283 g/mol. The van der Waals surface area contributed by atoms with Crippen molar-refractivity contribution in [1.29, 1.82) is 0 Å². The Hall–Kier alpha value is -0.640. The van der Waals surface area contributed by atoms with E-state index in [0.717, 1.165) is 22.5 Å². The molecule has 0 saturated heterocycles. The Morgan fingerprint density at radius 1 is 1.33 bits per heavy atom. The van der Waals surface area contributed by atoms with Crippen molar-refractivity contribution in [3.8, 4) is 0 Å². The van der Waals surface area contributed by atoms with Crippen LogP contribution >= 0.6 is 23.4 Å². The van der Waals surface area contributed by atoms with Crippen molar-refractivity contribution in [1.82, 2.24) is 0 Å². The largest absolute Gasteiger partial charge is 0.459 e. The minimum atomic E-state index is -0.0830. The molecule has 0 aliphatic carbocycles. The summed E-state index contributed by atoms with van der Waals surface area (Å²) in [5.74, 6) is 1.67. The fraction of sp³-hybridized carbons (Fsp3) is 0.429. The van der Waals surface area contributed by atoms with E-state index in [9.17, 15) is 0 Å². The van der Waals surface area contributed by atoms with Gasteiger partial charge in [0, 0.05) is 20.9 Å². The molecule has 2 N–H and O–H groups in total. The van der Waals surface area contributed by atoms with Gasteiger partial charge >= 0.3 is 0 Å². The number of hydrogen-bond acceptors (Lipinski definition) is 3. The van der Waals surface area contributed by atoms with Crippen LogP contribution in [0.15, 0.2) is 28.7 Å². The Kier molecular flexibility index (Phi) is 3.95. The average molecular weight is 284 g/mol. The lowest BCUT2D eigenvalue weighted by Crippen LogP contribution is -2.17. The predicted octanol–water partition coefficient (Wildman–Crippen LogP) is 4.62. The summed E-state index contributed by atoms with van der Waals surface area (Å²) in [5, 5.41) is 1.72. The van der Waals surface area contributed by atoms with Gasteiger partial charge in [-0.05, 0) is 24.3 Å². The van der Waals surface area contributed by atoms with E-state index in [4.69, 9.17) is 21.8 Å². The van der Waals surface area contributed by atoms with Gasteiger partial charge in [0.1, 0.15) is 11.3 Å². The van der Waals surface area contributed by atoms with E-state index in [2.05, 4.69) is 20.8 Å². The van der Waals surface area contributed by atoms with Gasteiger partial charge in [0.05, 0.1) is 6.04 Å². The minimum absolute atomic E-state index is 0.0830. The molecule has 0 amide bonds. The molecule has 0 saturated carbocycles. The third-order valence-corrected chi connectivity index (χ3v) is 4.19. The molecule has 0 fully saturated rings. The van der Waals surface area contributed by atoms with Crippen molar-refractivity contribution in [2.45, 2.75) is 31.6 Å². The fourth-order valence-corrected chi connectivity index (χ4v) is 2.66. The van der Waals surface area contributed by atoms with Crippen LogP contribution in [0, 0.1) is 0 Å². The molecule has 98 valence electrons. The Labute approximate surface area is 117 Å². The lowest BCUT2D eigenvalue weighted by atomic mass is 10.2. The smallest absolute Gasteiger partial charge is 0.134 e. The molecular weight excluding hydrogens is 266 g/mol. The molecule has 4 heteroatoms. The van der Waals surface area contributed by atoms with Crippen molar-refractivity contribution >= 4 is 34.3 Å². The summed E-state index contributed by atoms with van der Waals surface area (Å²) in [7, 11) is 0. The summed E-state index contributed by atoms with van der Waals surface area (Å²) in [5.41, 5.74) is 7.00. The minimum Gasteiger partial charge on any atom is -0.459 e. The molecule has 1 aromatic heterocycles. The van der Waals surface area contributed by atoms with Gasteiger partial charge in [-0.15, -0.1) is 0 Å². The number of benzene rings is 1. The summed E-state index contributed by atoms with van der Waals surface area (Å²) in [4.78, 5) is 0. The molecule has 1 unspecified atom stereocenters. The first-order valence-corrected chi connectivity index (χ1v) is 7.30. The van der Waals surface area contributed by atoms with Crippen molar-refractivity contribution in [3.05, 3.63) is 35.0 Å². The number of rotatable bonds is 3. The highest BCUT2D eigenvalue weighted by molar-refractivity contribution is 8.00. The third kappa shape index (κ3) is 3.44. The number of fused-ring (bicyclic) bond motifs is 1. The Balaban J connectivity index is 2.15. The van der Waals surface area contributed by atoms with Crippen LogP contribution in [0.2, 0.25) is 5.02 Å². The molecule has 1 aromatic carbocycles. The van der Waals surface area contributed by atoms with Gasteiger partial charge in [0.2, 0.25) is 0 Å². The average Bonchev–Trinajstić information content (AvgIpc) is 2.67. The van der Waals surface area contributed by atoms with Crippen molar-refractivity contribution in [3.63, 3.8) is 0 Å². The van der Waals surface area contributed by atoms with E-state index in [1.54, 1.807) is 0 Å². The van der Waals surface area contributed by atoms with Crippen molar-refractivity contribution < 1.29 is 4.42 Å². The van der Waals surface area contributed by atoms with Crippen LogP contribution in [0.4, 0.5) is 0 Å². The Morgan fingerprint density at radius 2 is 2.06 bits per heavy atom. The standard InChI is InChI=1S/C14H18ClNOS/c1-14(2,3)18-8-11(16)13-7-9-6-10(15)4-5-12(9)17-13/h4-7,11H,8,16H2,1-3H3. The van der Waals surface area contributed by atoms with Crippen molar-refractivity contribution in [2.75, 3.05) is 5.75 Å². The highest BCUT2D eigenvalue weighted by Gasteiger charge is 2.17. The van der Waals surface area contributed by atoms with Crippen LogP contribution in [0.1, 0.15) is 32.6 Å². The Morgan fingerprint density at radius 3 is 2.72 bits per heavy atom. The van der Waals surface area contributed by atoms with Crippen LogP contribution in [0.5, 0.6) is 0 Å². The third-order valence-electron chi connectivity index (χ3n) is 2.56. The summed E-state index contributed by atoms with van der Waals surface area (Å²) in [6.45, 7) is 6.55. The van der Waals surface area contributed by atoms with Gasteiger partial charge in [0.15, 0.2) is 0 Å². The molecule has 2 nitrogen and oxygen atoms in total. The zero-order chi connectivity index (χ0) is 13.3. The fourth-order valence-electron chi connectivity index (χ4n) is 1.64. The van der Waals surface area contributed by atoms with Gasteiger partial charge in [-0.1, -0.05) is 32.4 Å². The molecule has 1 heterocycles. The first-order chi connectivity index (χ1) is 8.35. The number of hydrogen-bond donors (Lipinski definition) is 1. The molecule has 0 spiro atoms. The van der Waals surface area contributed by atoms with Crippen LogP contribution in [0.25, 0.3) is 11.0 Å². The van der Waals surface area contributed by atoms with E-state index in [1.807, 2.05) is 36.0 Å². The first-order valence-electron chi connectivity index (χ1n) is 5.94. The lowest BCUT2D eigenvalue weighted by Gasteiger charge is -2.19. The second kappa shape index (κ2) is 5.16. The highest BCUT2D eigenvalue weighted by atomic mass is 35.5. The number of halogens is 1. The normalized spacial score (nSPS) is 14.1. The van der Waals surface area contributed by atoms with E-state index in [0.29, 0.717) is 5.02 Å². The van der Waals surface area contributed by atoms with Crippen LogP contribution in [0.3, 0.4) is 0 Å². The van der Waals surface area contributed by atoms with Gasteiger partial charge < -0.3 is 10.2 Å². The van der Waals surface area contributed by atoms with Gasteiger partial charge in [-0.3, -0.25) is 0 Å². The van der Waals surface area contributed by atoms with E-state index < -0.39 is 0 Å². The number of nitrogens with two attached hydrogens (primary N) is 1. The molecule has 0 aliphatic rings. The SMILES string of the molecule is CC(C)(C)SCC(N)c1cc2cc(Cl)ccc2o1. The highest BCUT2D eigenvalue weighted by Crippen LogP contribution is 2.30. The molecule has 0 aliphatic heterocycles. The maximum absolute atomic E-state index is 6.16. The molecule has 2 rings (SSSR count). The maximum atomic E-state index is 6.16. The van der Waals surface area contributed by atoms with E-state index in [1.165, 1.54) is 0 Å². The van der Waals surface area contributed by atoms with Crippen LogP contribution < -0.4 is 5.73 Å². The van der Waals surface area contributed by atoms with Crippen LogP contribution in [-0.2, 0) is 0 Å². The topological polar surface area (TPSA) is 39.2 Å². The summed E-state index contributed by atoms with van der Waals surface area (Å²) < 4.78 is 5.97. The van der Waals surface area contributed by atoms with Crippen LogP contribution in [-0.4, -0.2) is 10.5 Å². The molecule has 0 bridgehead atoms. The zero-order valence-electron chi connectivity index (χ0n) is 10.9. The quantitative estimate of drug-likeness (QED) is 0.893. The molecule has 2 aromatic rings. The molecule has 18 heavy (non-hydrogen) atoms. The lowest BCUT2D eigenvalue weighted by molar-refractivity contribution is 0.515. The van der Waals surface area contributed by atoms with Crippen molar-refractivity contribution in [2.24, 2.45) is 5.73 Å². The predicted molar refractivity (Wildman–Crippen MR) is 80.4 cm³/mol. The second-order valence-corrected chi connectivity index (χ2v) is 7.64. The summed E-state index contributed by atoms with van der Waals surface area (Å²) >= 11 is 7.79. The number of thioether (sulfide) groups is 1. The van der Waals surface area contributed by atoms with E-state index in [-0.39, 0.29) is 10.8 Å². The maximum Gasteiger partial charge on any atom is 0.134 e. The summed E-state index contributed by atoms with van der Waals surface area (Å²) in [6.07, 6.45) is 0. The Bertz CT molecular complexity index is 544. The van der Waals surface area contributed by atoms with Gasteiger partial charge in [-0.2, -0.15) is 11.8 Å².